The summed E-state index contributed by atoms with van der Waals surface area (Å²) >= 11 is 1.49. The van der Waals surface area contributed by atoms with Crippen LogP contribution in [-0.2, 0) is 6.54 Å². The molecule has 2 aromatic heterocycles. The molecule has 0 atom stereocenters. The minimum Gasteiger partial charge on any atom is -0.497 e. The maximum Gasteiger partial charge on any atom is 0.269 e. The summed E-state index contributed by atoms with van der Waals surface area (Å²) in [6.07, 6.45) is 1.72. The molecule has 0 aliphatic carbocycles. The molecule has 0 bridgehead atoms. The number of aromatic nitrogens is 3. The lowest BCUT2D eigenvalue weighted by Gasteiger charge is -2.01. The van der Waals surface area contributed by atoms with Gasteiger partial charge in [-0.25, -0.2) is 4.98 Å². The first-order chi connectivity index (χ1) is 11.2. The van der Waals surface area contributed by atoms with Crippen LogP contribution in [0.3, 0.4) is 0 Å². The molecule has 23 heavy (non-hydrogen) atoms. The quantitative estimate of drug-likeness (QED) is 0.664. The number of carbonyl (C=O) groups is 1. The van der Waals surface area contributed by atoms with E-state index in [2.05, 4.69) is 20.5 Å². The van der Waals surface area contributed by atoms with Gasteiger partial charge < -0.3 is 10.1 Å². The van der Waals surface area contributed by atoms with Crippen LogP contribution in [0.4, 0.5) is 0 Å². The second-order valence-electron chi connectivity index (χ2n) is 4.72. The molecule has 0 spiro atoms. The van der Waals surface area contributed by atoms with Crippen molar-refractivity contribution in [3.8, 4) is 16.3 Å². The molecule has 8 heteroatoms. The van der Waals surface area contributed by atoms with Crippen LogP contribution < -0.4 is 15.6 Å². The summed E-state index contributed by atoms with van der Waals surface area (Å²) in [5.74, 6) is 0.420. The molecular formula is C15H14N4O3S. The van der Waals surface area contributed by atoms with Crippen molar-refractivity contribution < 1.29 is 9.53 Å². The number of carbonyl (C=O) groups excluding carboxylic acids is 1. The van der Waals surface area contributed by atoms with Gasteiger partial charge in [0, 0.05) is 22.7 Å². The Labute approximate surface area is 135 Å². The summed E-state index contributed by atoms with van der Waals surface area (Å²) in [6, 6.07) is 8.85. The van der Waals surface area contributed by atoms with Gasteiger partial charge in [0.15, 0.2) is 0 Å². The molecule has 0 aliphatic rings. The van der Waals surface area contributed by atoms with E-state index in [0.29, 0.717) is 6.54 Å². The Morgan fingerprint density at radius 1 is 1.35 bits per heavy atom. The van der Waals surface area contributed by atoms with E-state index in [1.165, 1.54) is 17.4 Å². The maximum absolute atomic E-state index is 11.9. The van der Waals surface area contributed by atoms with Crippen LogP contribution >= 0.6 is 11.3 Å². The minimum absolute atomic E-state index is 0.201. The molecule has 1 amide bonds. The number of nitrogens with one attached hydrogen (secondary N) is 3. The molecule has 2 heterocycles. The van der Waals surface area contributed by atoms with E-state index >= 15 is 0 Å². The summed E-state index contributed by atoms with van der Waals surface area (Å²) in [4.78, 5) is 28.1. The molecule has 0 fully saturated rings. The highest BCUT2D eigenvalue weighted by Gasteiger charge is 2.10. The molecule has 3 N–H and O–H groups in total. The number of ether oxygens (including phenoxy) is 1. The molecular weight excluding hydrogens is 316 g/mol. The second-order valence-corrected chi connectivity index (χ2v) is 5.83. The number of amides is 1. The summed E-state index contributed by atoms with van der Waals surface area (Å²) in [5.41, 5.74) is 0.822. The summed E-state index contributed by atoms with van der Waals surface area (Å²) in [6.45, 7) is 0.341. The Morgan fingerprint density at radius 2 is 2.22 bits per heavy atom. The molecule has 0 unspecified atom stereocenters. The lowest BCUT2D eigenvalue weighted by molar-refractivity contribution is 0.0946. The third-order valence-corrected chi connectivity index (χ3v) is 4.18. The zero-order chi connectivity index (χ0) is 16.2. The smallest absolute Gasteiger partial charge is 0.269 e. The summed E-state index contributed by atoms with van der Waals surface area (Å²) in [5, 5.41) is 8.41. The summed E-state index contributed by atoms with van der Waals surface area (Å²) in [7, 11) is 1.62. The van der Waals surface area contributed by atoms with Crippen LogP contribution in [0.1, 0.15) is 15.4 Å². The van der Waals surface area contributed by atoms with Crippen LogP contribution in [0.5, 0.6) is 5.75 Å². The number of aromatic amines is 2. The largest absolute Gasteiger partial charge is 0.497 e. The van der Waals surface area contributed by atoms with E-state index in [-0.39, 0.29) is 17.2 Å². The van der Waals surface area contributed by atoms with Gasteiger partial charge in [0.2, 0.25) is 0 Å². The number of nitrogens with zero attached hydrogens (tertiary/aromatic N) is 1. The first-order valence-corrected chi connectivity index (χ1v) is 7.62. The third-order valence-electron chi connectivity index (χ3n) is 3.13. The molecule has 0 saturated carbocycles. The van der Waals surface area contributed by atoms with Gasteiger partial charge in [-0.05, 0) is 12.1 Å². The predicted molar refractivity (Wildman–Crippen MR) is 86.7 cm³/mol. The minimum atomic E-state index is -0.348. The zero-order valence-corrected chi connectivity index (χ0v) is 13.1. The Balaban J connectivity index is 1.67. The fraction of sp³-hybridized carbons (Fsp3) is 0.133. The number of H-pyrrole nitrogens is 2. The van der Waals surface area contributed by atoms with E-state index in [1.807, 2.05) is 24.3 Å². The van der Waals surface area contributed by atoms with Gasteiger partial charge in [0.25, 0.3) is 11.5 Å². The number of rotatable bonds is 5. The number of thiazole rings is 1. The van der Waals surface area contributed by atoms with E-state index in [9.17, 15) is 9.59 Å². The molecule has 3 rings (SSSR count). The Bertz CT molecular complexity index is 880. The highest BCUT2D eigenvalue weighted by molar-refractivity contribution is 7.15. The van der Waals surface area contributed by atoms with Gasteiger partial charge in [-0.15, -0.1) is 11.3 Å². The number of methoxy groups -OCH3 is 1. The van der Waals surface area contributed by atoms with Crippen LogP contribution in [0.25, 0.3) is 10.6 Å². The molecule has 0 saturated heterocycles. The van der Waals surface area contributed by atoms with Crippen molar-refractivity contribution in [2.75, 3.05) is 7.11 Å². The van der Waals surface area contributed by atoms with Crippen molar-refractivity contribution >= 4 is 17.2 Å². The van der Waals surface area contributed by atoms with Gasteiger partial charge in [-0.3, -0.25) is 19.8 Å². The van der Waals surface area contributed by atoms with Crippen molar-refractivity contribution in [1.82, 2.24) is 20.5 Å². The van der Waals surface area contributed by atoms with E-state index in [1.54, 1.807) is 13.3 Å². The van der Waals surface area contributed by atoms with Crippen LogP contribution in [0.2, 0.25) is 0 Å². The lowest BCUT2D eigenvalue weighted by Crippen LogP contribution is -2.22. The highest BCUT2D eigenvalue weighted by atomic mass is 32.1. The number of hydrogen-bond donors (Lipinski definition) is 3. The van der Waals surface area contributed by atoms with Crippen LogP contribution in [0.15, 0.2) is 41.3 Å². The molecule has 1 aromatic carbocycles. The fourth-order valence-electron chi connectivity index (χ4n) is 2.00. The van der Waals surface area contributed by atoms with Crippen molar-refractivity contribution in [3.63, 3.8) is 0 Å². The highest BCUT2D eigenvalue weighted by Crippen LogP contribution is 2.27. The monoisotopic (exact) mass is 330 g/mol. The van der Waals surface area contributed by atoms with Crippen LogP contribution in [-0.4, -0.2) is 28.2 Å². The predicted octanol–water partition coefficient (Wildman–Crippen LogP) is 1.77. The van der Waals surface area contributed by atoms with Crippen molar-refractivity contribution in [3.05, 3.63) is 57.5 Å². The standard InChI is InChI=1S/C15H14N4O3S/c1-22-10-4-2-3-9(5-10)15-17-8-11(23-15)7-16-14(21)12-6-13(20)19-18-12/h2-6,8H,7H2,1H3,(H,16,21)(H2,18,19,20). The molecule has 118 valence electrons. The summed E-state index contributed by atoms with van der Waals surface area (Å²) < 4.78 is 5.20. The Hall–Kier alpha value is -2.87. The molecule has 0 radical (unpaired) electrons. The zero-order valence-electron chi connectivity index (χ0n) is 12.3. The third kappa shape index (κ3) is 3.49. The first kappa shape index (κ1) is 15.0. The lowest BCUT2D eigenvalue weighted by atomic mass is 10.2. The van der Waals surface area contributed by atoms with Crippen molar-refractivity contribution in [2.45, 2.75) is 6.54 Å². The second kappa shape index (κ2) is 6.49. The molecule has 3 aromatic rings. The van der Waals surface area contributed by atoms with Gasteiger partial charge in [0.05, 0.1) is 13.7 Å². The van der Waals surface area contributed by atoms with Gasteiger partial charge in [-0.1, -0.05) is 12.1 Å². The molecule has 7 nitrogen and oxygen atoms in total. The SMILES string of the molecule is COc1cccc(-c2ncc(CNC(=O)c3cc(=O)[nH][nH]3)s2)c1. The van der Waals surface area contributed by atoms with Gasteiger partial charge in [-0.2, -0.15) is 0 Å². The van der Waals surface area contributed by atoms with E-state index in [4.69, 9.17) is 4.74 Å². The van der Waals surface area contributed by atoms with Gasteiger partial charge in [0.1, 0.15) is 16.5 Å². The van der Waals surface area contributed by atoms with E-state index in [0.717, 1.165) is 21.2 Å². The normalized spacial score (nSPS) is 10.5. The van der Waals surface area contributed by atoms with E-state index < -0.39 is 0 Å². The average Bonchev–Trinajstić information content (AvgIpc) is 3.22. The average molecular weight is 330 g/mol. The first-order valence-electron chi connectivity index (χ1n) is 6.81. The van der Waals surface area contributed by atoms with Crippen LogP contribution in [0, 0.1) is 0 Å². The maximum atomic E-state index is 11.9. The topological polar surface area (TPSA) is 99.9 Å². The number of benzene rings is 1. The van der Waals surface area contributed by atoms with Gasteiger partial charge >= 0.3 is 0 Å². The number of hydrogen-bond acceptors (Lipinski definition) is 5. The van der Waals surface area contributed by atoms with Crippen molar-refractivity contribution in [1.29, 1.82) is 0 Å². The fourth-order valence-corrected chi connectivity index (χ4v) is 2.84. The van der Waals surface area contributed by atoms with Crippen molar-refractivity contribution in [2.24, 2.45) is 0 Å². The molecule has 0 aliphatic heterocycles. The Kier molecular flexibility index (Phi) is 4.24. The Morgan fingerprint density at radius 3 is 2.96 bits per heavy atom.